The lowest BCUT2D eigenvalue weighted by molar-refractivity contribution is 0.146. The quantitative estimate of drug-likeness (QED) is 0.696. The highest BCUT2D eigenvalue weighted by Crippen LogP contribution is 2.29. The minimum atomic E-state index is -2.61. The zero-order chi connectivity index (χ0) is 15.4. The number of aliphatic imine (C=N–C) groups is 1. The summed E-state index contributed by atoms with van der Waals surface area (Å²) in [5.41, 5.74) is 6.59. The number of amidine groups is 1. The molecule has 0 atom stereocenters. The molecule has 0 saturated heterocycles. The van der Waals surface area contributed by atoms with Crippen molar-refractivity contribution in [2.75, 3.05) is 13.4 Å². The molecule has 0 unspecified atom stereocenters. The number of halogens is 2. The zero-order valence-electron chi connectivity index (χ0n) is 11.5. The summed E-state index contributed by atoms with van der Waals surface area (Å²) in [5.74, 6) is 0.489. The molecule has 1 aromatic carbocycles. The standard InChI is InChI=1S/C13H14F2N4OS/c1-20-11-5-8(18-13(16)21-2)3-4-10(11)19-6-9(12(14)15)17-7-19/h3-7,12H,1-2H3,(H2,16,18). The summed E-state index contributed by atoms with van der Waals surface area (Å²) in [7, 11) is 1.50. The molecule has 1 aromatic heterocycles. The predicted octanol–water partition coefficient (Wildman–Crippen LogP) is 3.13. The van der Waals surface area contributed by atoms with Crippen molar-refractivity contribution in [1.29, 1.82) is 0 Å². The Morgan fingerprint density at radius 1 is 1.48 bits per heavy atom. The van der Waals surface area contributed by atoms with Crippen LogP contribution in [0.3, 0.4) is 0 Å². The van der Waals surface area contributed by atoms with Crippen molar-refractivity contribution in [2.24, 2.45) is 10.7 Å². The Kier molecular flexibility index (Phi) is 4.79. The lowest BCUT2D eigenvalue weighted by Crippen LogP contribution is -2.04. The fourth-order valence-electron chi connectivity index (χ4n) is 1.70. The highest BCUT2D eigenvalue weighted by Gasteiger charge is 2.13. The fraction of sp³-hybridized carbons (Fsp3) is 0.231. The van der Waals surface area contributed by atoms with E-state index in [4.69, 9.17) is 10.5 Å². The van der Waals surface area contributed by atoms with Gasteiger partial charge in [0.1, 0.15) is 11.4 Å². The Hall–Kier alpha value is -2.09. The van der Waals surface area contributed by atoms with E-state index < -0.39 is 6.43 Å². The number of nitrogens with zero attached hydrogens (tertiary/aromatic N) is 3. The Morgan fingerprint density at radius 2 is 2.24 bits per heavy atom. The molecule has 5 nitrogen and oxygen atoms in total. The Bertz CT molecular complexity index is 657. The summed E-state index contributed by atoms with van der Waals surface area (Å²) >= 11 is 1.33. The van der Waals surface area contributed by atoms with E-state index in [1.54, 1.807) is 18.2 Å². The molecule has 0 aliphatic heterocycles. The van der Waals surface area contributed by atoms with Gasteiger partial charge in [0.2, 0.25) is 0 Å². The molecule has 2 aromatic rings. The molecule has 0 saturated carbocycles. The zero-order valence-corrected chi connectivity index (χ0v) is 12.3. The highest BCUT2D eigenvalue weighted by molar-refractivity contribution is 8.13. The average molecular weight is 312 g/mol. The van der Waals surface area contributed by atoms with Gasteiger partial charge in [-0.2, -0.15) is 0 Å². The van der Waals surface area contributed by atoms with Gasteiger partial charge in [-0.3, -0.25) is 0 Å². The van der Waals surface area contributed by atoms with Gasteiger partial charge < -0.3 is 15.0 Å². The Balaban J connectivity index is 2.40. The lowest BCUT2D eigenvalue weighted by Gasteiger charge is -2.09. The molecule has 0 amide bonds. The van der Waals surface area contributed by atoms with Gasteiger partial charge in [-0.05, 0) is 18.4 Å². The lowest BCUT2D eigenvalue weighted by atomic mass is 10.2. The van der Waals surface area contributed by atoms with Gasteiger partial charge in [-0.25, -0.2) is 18.8 Å². The number of benzene rings is 1. The third-order valence-corrected chi connectivity index (χ3v) is 3.23. The van der Waals surface area contributed by atoms with Crippen molar-refractivity contribution in [3.05, 3.63) is 36.4 Å². The maximum Gasteiger partial charge on any atom is 0.281 e. The van der Waals surface area contributed by atoms with E-state index in [-0.39, 0.29) is 5.69 Å². The molecule has 112 valence electrons. The van der Waals surface area contributed by atoms with E-state index in [1.807, 2.05) is 6.26 Å². The van der Waals surface area contributed by atoms with E-state index >= 15 is 0 Å². The van der Waals surface area contributed by atoms with Crippen molar-refractivity contribution >= 4 is 22.6 Å². The van der Waals surface area contributed by atoms with Crippen molar-refractivity contribution in [3.63, 3.8) is 0 Å². The van der Waals surface area contributed by atoms with Crippen molar-refractivity contribution in [1.82, 2.24) is 9.55 Å². The van der Waals surface area contributed by atoms with E-state index in [0.29, 0.717) is 22.3 Å². The van der Waals surface area contributed by atoms with Gasteiger partial charge in [0.25, 0.3) is 6.43 Å². The number of rotatable bonds is 4. The second kappa shape index (κ2) is 6.57. The molecule has 0 aliphatic rings. The first-order valence-electron chi connectivity index (χ1n) is 5.93. The number of imidazole rings is 1. The van der Waals surface area contributed by atoms with Crippen LogP contribution in [0.1, 0.15) is 12.1 Å². The molecule has 21 heavy (non-hydrogen) atoms. The minimum Gasteiger partial charge on any atom is -0.494 e. The number of aromatic nitrogens is 2. The summed E-state index contributed by atoms with van der Waals surface area (Å²) in [5, 5.41) is 0.424. The van der Waals surface area contributed by atoms with E-state index in [2.05, 4.69) is 9.98 Å². The molecule has 0 spiro atoms. The predicted molar refractivity (Wildman–Crippen MR) is 79.9 cm³/mol. The Labute approximate surface area is 124 Å². The number of nitrogens with two attached hydrogens (primary N) is 1. The third kappa shape index (κ3) is 3.52. The number of hydrogen-bond acceptors (Lipinski definition) is 4. The molecule has 2 N–H and O–H groups in total. The van der Waals surface area contributed by atoms with Crippen LogP contribution >= 0.6 is 11.8 Å². The largest absolute Gasteiger partial charge is 0.494 e. The van der Waals surface area contributed by atoms with Crippen molar-refractivity contribution < 1.29 is 13.5 Å². The van der Waals surface area contributed by atoms with E-state index in [9.17, 15) is 8.78 Å². The molecule has 0 aliphatic carbocycles. The molecule has 0 bridgehead atoms. The van der Waals surface area contributed by atoms with Crippen LogP contribution in [-0.2, 0) is 0 Å². The van der Waals surface area contributed by atoms with Gasteiger partial charge in [-0.15, -0.1) is 0 Å². The van der Waals surface area contributed by atoms with Crippen LogP contribution in [0.5, 0.6) is 5.75 Å². The number of hydrogen-bond donors (Lipinski definition) is 1. The summed E-state index contributed by atoms with van der Waals surface area (Å²) in [6.07, 6.45) is 1.80. The van der Waals surface area contributed by atoms with E-state index in [1.165, 1.54) is 36.0 Å². The van der Waals surface area contributed by atoms with Gasteiger partial charge in [0, 0.05) is 12.3 Å². The highest BCUT2D eigenvalue weighted by atomic mass is 32.2. The monoisotopic (exact) mass is 312 g/mol. The number of alkyl halides is 2. The van der Waals surface area contributed by atoms with Crippen LogP contribution in [0.25, 0.3) is 5.69 Å². The first kappa shape index (κ1) is 15.3. The smallest absolute Gasteiger partial charge is 0.281 e. The fourth-order valence-corrected chi connectivity index (χ4v) is 1.90. The maximum absolute atomic E-state index is 12.6. The van der Waals surface area contributed by atoms with Crippen LogP contribution in [-0.4, -0.2) is 28.1 Å². The van der Waals surface area contributed by atoms with Gasteiger partial charge in [0.15, 0.2) is 5.17 Å². The SMILES string of the molecule is COc1cc(N=C(N)SC)ccc1-n1cnc(C(F)F)c1. The molecule has 0 radical (unpaired) electrons. The van der Waals surface area contributed by atoms with Gasteiger partial charge >= 0.3 is 0 Å². The van der Waals surface area contributed by atoms with Crippen molar-refractivity contribution in [3.8, 4) is 11.4 Å². The maximum atomic E-state index is 12.6. The molecule has 0 fully saturated rings. The van der Waals surface area contributed by atoms with Crippen LogP contribution in [0.4, 0.5) is 14.5 Å². The second-order valence-electron chi connectivity index (χ2n) is 4.02. The molecular weight excluding hydrogens is 298 g/mol. The second-order valence-corrected chi connectivity index (χ2v) is 4.84. The number of ether oxygens (including phenoxy) is 1. The van der Waals surface area contributed by atoms with Crippen LogP contribution in [0.15, 0.2) is 35.7 Å². The molecule has 2 rings (SSSR count). The van der Waals surface area contributed by atoms with Crippen LogP contribution in [0, 0.1) is 0 Å². The first-order valence-corrected chi connectivity index (χ1v) is 7.16. The van der Waals surface area contributed by atoms with Crippen LogP contribution in [0.2, 0.25) is 0 Å². The van der Waals surface area contributed by atoms with Crippen molar-refractivity contribution in [2.45, 2.75) is 6.43 Å². The first-order chi connectivity index (χ1) is 10.0. The summed E-state index contributed by atoms with van der Waals surface area (Å²) in [4.78, 5) is 7.84. The summed E-state index contributed by atoms with van der Waals surface area (Å²) < 4.78 is 31.9. The van der Waals surface area contributed by atoms with Crippen LogP contribution < -0.4 is 10.5 Å². The topological polar surface area (TPSA) is 65.4 Å². The summed E-state index contributed by atoms with van der Waals surface area (Å²) in [6.45, 7) is 0. The summed E-state index contributed by atoms with van der Waals surface area (Å²) in [6, 6.07) is 5.12. The van der Waals surface area contributed by atoms with Gasteiger partial charge in [0.05, 0.1) is 24.8 Å². The molecule has 8 heteroatoms. The minimum absolute atomic E-state index is 0.286. The average Bonchev–Trinajstić information content (AvgIpc) is 2.96. The number of thioether (sulfide) groups is 1. The van der Waals surface area contributed by atoms with Gasteiger partial charge in [-0.1, -0.05) is 11.8 Å². The molecular formula is C13H14F2N4OS. The van der Waals surface area contributed by atoms with E-state index in [0.717, 1.165) is 0 Å². The third-order valence-electron chi connectivity index (χ3n) is 2.72. The molecule has 1 heterocycles. The Morgan fingerprint density at radius 3 is 2.81 bits per heavy atom. The number of methoxy groups -OCH3 is 1. The normalized spacial score (nSPS) is 12.0.